The zero-order chi connectivity index (χ0) is 14.7. The summed E-state index contributed by atoms with van der Waals surface area (Å²) in [5, 5.41) is 15.5. The number of hydrogen-bond acceptors (Lipinski definition) is 3. The minimum Gasteiger partial charge on any atom is -0.387 e. The predicted octanol–water partition coefficient (Wildman–Crippen LogP) is 3.29. The molecule has 0 spiro atoms. The molecule has 1 saturated heterocycles. The van der Waals surface area contributed by atoms with Crippen LogP contribution in [0.15, 0.2) is 17.5 Å². The topological polar surface area (TPSA) is 52.6 Å². The van der Waals surface area contributed by atoms with Gasteiger partial charge in [-0.25, -0.2) is 4.79 Å². The van der Waals surface area contributed by atoms with E-state index in [1.54, 1.807) is 11.3 Å². The number of rotatable bonds is 4. The van der Waals surface area contributed by atoms with Crippen molar-refractivity contribution in [1.82, 2.24) is 10.2 Å². The average Bonchev–Trinajstić information content (AvgIpc) is 3.21. The van der Waals surface area contributed by atoms with Gasteiger partial charge in [0.15, 0.2) is 0 Å². The molecule has 1 aromatic heterocycles. The standard InChI is InChI=1S/C16H24N2O2S/c19-14(15-8-4-10-21-15)11-13-7-3-9-18(13)16(20)17-12-5-1-2-6-12/h4,8,10,12-14,19H,1-3,5-7,9,11H2,(H,17,20). The third-order valence-corrected chi connectivity index (χ3v) is 5.66. The second kappa shape index (κ2) is 6.79. The lowest BCUT2D eigenvalue weighted by molar-refractivity contribution is 0.128. The maximum absolute atomic E-state index is 12.4. The van der Waals surface area contributed by atoms with Gasteiger partial charge in [-0.15, -0.1) is 11.3 Å². The van der Waals surface area contributed by atoms with Crippen LogP contribution in [0, 0.1) is 0 Å². The molecule has 1 aliphatic carbocycles. The second-order valence-corrected chi connectivity index (χ2v) is 7.17. The number of aliphatic hydroxyl groups is 1. The third kappa shape index (κ3) is 3.58. The first-order valence-electron chi connectivity index (χ1n) is 8.02. The fourth-order valence-corrected chi connectivity index (χ4v) is 4.26. The monoisotopic (exact) mass is 308 g/mol. The van der Waals surface area contributed by atoms with Gasteiger partial charge in [-0.05, 0) is 43.6 Å². The number of likely N-dealkylation sites (tertiary alicyclic amines) is 1. The summed E-state index contributed by atoms with van der Waals surface area (Å²) in [6, 6.07) is 4.53. The Labute approximate surface area is 130 Å². The van der Waals surface area contributed by atoms with Crippen LogP contribution in [0.5, 0.6) is 0 Å². The molecule has 1 aliphatic heterocycles. The molecular formula is C16H24N2O2S. The van der Waals surface area contributed by atoms with Gasteiger partial charge in [0.25, 0.3) is 0 Å². The number of carbonyl (C=O) groups is 1. The molecule has 21 heavy (non-hydrogen) atoms. The first-order valence-corrected chi connectivity index (χ1v) is 8.90. The maximum atomic E-state index is 12.4. The summed E-state index contributed by atoms with van der Waals surface area (Å²) in [5.41, 5.74) is 0. The first kappa shape index (κ1) is 14.9. The molecule has 116 valence electrons. The average molecular weight is 308 g/mol. The first-order chi connectivity index (χ1) is 10.2. The number of urea groups is 1. The quantitative estimate of drug-likeness (QED) is 0.897. The fraction of sp³-hybridized carbons (Fsp3) is 0.688. The van der Waals surface area contributed by atoms with Crippen LogP contribution in [-0.4, -0.2) is 34.7 Å². The lowest BCUT2D eigenvalue weighted by Crippen LogP contribution is -2.46. The summed E-state index contributed by atoms with van der Waals surface area (Å²) in [4.78, 5) is 15.4. The Morgan fingerprint density at radius 1 is 1.38 bits per heavy atom. The predicted molar refractivity (Wildman–Crippen MR) is 84.4 cm³/mol. The molecule has 2 aliphatic rings. The molecule has 1 saturated carbocycles. The number of carbonyl (C=O) groups excluding carboxylic acids is 1. The minimum atomic E-state index is -0.449. The molecule has 2 heterocycles. The smallest absolute Gasteiger partial charge is 0.317 e. The van der Waals surface area contributed by atoms with Gasteiger partial charge in [0.1, 0.15) is 0 Å². The molecule has 0 aromatic carbocycles. The third-order valence-electron chi connectivity index (χ3n) is 4.69. The van der Waals surface area contributed by atoms with E-state index in [0.717, 1.165) is 37.1 Å². The van der Waals surface area contributed by atoms with Crippen molar-refractivity contribution in [2.45, 2.75) is 63.1 Å². The van der Waals surface area contributed by atoms with Crippen LogP contribution >= 0.6 is 11.3 Å². The van der Waals surface area contributed by atoms with Crippen molar-refractivity contribution in [2.75, 3.05) is 6.54 Å². The van der Waals surface area contributed by atoms with Crippen molar-refractivity contribution < 1.29 is 9.90 Å². The van der Waals surface area contributed by atoms with E-state index in [4.69, 9.17) is 0 Å². The van der Waals surface area contributed by atoms with Gasteiger partial charge in [-0.1, -0.05) is 18.9 Å². The zero-order valence-corrected chi connectivity index (χ0v) is 13.1. The molecule has 2 fully saturated rings. The molecule has 2 atom stereocenters. The van der Waals surface area contributed by atoms with Crippen LogP contribution in [0.25, 0.3) is 0 Å². The van der Waals surface area contributed by atoms with Gasteiger partial charge in [-0.2, -0.15) is 0 Å². The van der Waals surface area contributed by atoms with E-state index in [2.05, 4.69) is 5.32 Å². The highest BCUT2D eigenvalue weighted by Crippen LogP contribution is 2.29. The van der Waals surface area contributed by atoms with Gasteiger partial charge in [-0.3, -0.25) is 0 Å². The van der Waals surface area contributed by atoms with Crippen LogP contribution in [-0.2, 0) is 0 Å². The molecule has 0 bridgehead atoms. The SMILES string of the molecule is O=C(NC1CCCC1)N1CCCC1CC(O)c1cccs1. The van der Waals surface area contributed by atoms with Gasteiger partial charge in [0.05, 0.1) is 6.10 Å². The lowest BCUT2D eigenvalue weighted by Gasteiger charge is -2.28. The number of hydrogen-bond donors (Lipinski definition) is 2. The number of aliphatic hydroxyl groups excluding tert-OH is 1. The highest BCUT2D eigenvalue weighted by molar-refractivity contribution is 7.10. The lowest BCUT2D eigenvalue weighted by atomic mass is 10.1. The van der Waals surface area contributed by atoms with Crippen LogP contribution in [0.2, 0.25) is 0 Å². The van der Waals surface area contributed by atoms with Crippen molar-refractivity contribution in [3.63, 3.8) is 0 Å². The molecule has 4 nitrogen and oxygen atoms in total. The van der Waals surface area contributed by atoms with E-state index in [1.807, 2.05) is 22.4 Å². The van der Waals surface area contributed by atoms with Crippen molar-refractivity contribution in [1.29, 1.82) is 0 Å². The second-order valence-electron chi connectivity index (χ2n) is 6.19. The van der Waals surface area contributed by atoms with Gasteiger partial charge in [0, 0.05) is 23.5 Å². The maximum Gasteiger partial charge on any atom is 0.317 e. The van der Waals surface area contributed by atoms with Gasteiger partial charge in [0.2, 0.25) is 0 Å². The minimum absolute atomic E-state index is 0.0720. The largest absolute Gasteiger partial charge is 0.387 e. The summed E-state index contributed by atoms with van der Waals surface area (Å²) >= 11 is 1.58. The number of nitrogens with one attached hydrogen (secondary N) is 1. The molecule has 0 radical (unpaired) electrons. The Hall–Kier alpha value is -1.07. The number of nitrogens with zero attached hydrogens (tertiary/aromatic N) is 1. The zero-order valence-electron chi connectivity index (χ0n) is 12.3. The molecular weight excluding hydrogens is 284 g/mol. The Morgan fingerprint density at radius 2 is 2.19 bits per heavy atom. The molecule has 2 amide bonds. The van der Waals surface area contributed by atoms with E-state index in [0.29, 0.717) is 12.5 Å². The summed E-state index contributed by atoms with van der Waals surface area (Å²) in [5.74, 6) is 0. The molecule has 3 rings (SSSR count). The van der Waals surface area contributed by atoms with Crippen LogP contribution in [0.1, 0.15) is 55.9 Å². The van der Waals surface area contributed by atoms with E-state index >= 15 is 0 Å². The summed E-state index contributed by atoms with van der Waals surface area (Å²) < 4.78 is 0. The highest BCUT2D eigenvalue weighted by Gasteiger charge is 2.32. The Bertz CT molecular complexity index is 457. The van der Waals surface area contributed by atoms with Crippen molar-refractivity contribution >= 4 is 17.4 Å². The van der Waals surface area contributed by atoms with Crippen LogP contribution in [0.3, 0.4) is 0 Å². The van der Waals surface area contributed by atoms with Crippen molar-refractivity contribution in [3.05, 3.63) is 22.4 Å². The van der Waals surface area contributed by atoms with E-state index in [9.17, 15) is 9.90 Å². The fourth-order valence-electron chi connectivity index (χ4n) is 3.53. The normalized spacial score (nSPS) is 24.4. The van der Waals surface area contributed by atoms with Gasteiger partial charge < -0.3 is 15.3 Å². The molecule has 1 aromatic rings. The van der Waals surface area contributed by atoms with Crippen molar-refractivity contribution in [2.24, 2.45) is 0 Å². The van der Waals surface area contributed by atoms with E-state index in [1.165, 1.54) is 12.8 Å². The molecule has 2 N–H and O–H groups in total. The molecule has 2 unspecified atom stereocenters. The summed E-state index contributed by atoms with van der Waals surface area (Å²) in [6.07, 6.45) is 6.93. The Kier molecular flexibility index (Phi) is 4.80. The van der Waals surface area contributed by atoms with Gasteiger partial charge >= 0.3 is 6.03 Å². The van der Waals surface area contributed by atoms with E-state index in [-0.39, 0.29) is 12.1 Å². The molecule has 5 heteroatoms. The Morgan fingerprint density at radius 3 is 2.90 bits per heavy atom. The summed E-state index contributed by atoms with van der Waals surface area (Å²) in [7, 11) is 0. The summed E-state index contributed by atoms with van der Waals surface area (Å²) in [6.45, 7) is 0.820. The Balaban J connectivity index is 1.55. The van der Waals surface area contributed by atoms with Crippen molar-refractivity contribution in [3.8, 4) is 0 Å². The van der Waals surface area contributed by atoms with Crippen LogP contribution in [0.4, 0.5) is 4.79 Å². The highest BCUT2D eigenvalue weighted by atomic mass is 32.1. The van der Waals surface area contributed by atoms with Crippen LogP contribution < -0.4 is 5.32 Å². The number of thiophene rings is 1. The van der Waals surface area contributed by atoms with E-state index < -0.39 is 6.10 Å². The number of amides is 2.